The van der Waals surface area contributed by atoms with Gasteiger partial charge < -0.3 is 4.74 Å². The van der Waals surface area contributed by atoms with Gasteiger partial charge in [-0.2, -0.15) is 5.10 Å². The van der Waals surface area contributed by atoms with Crippen LogP contribution in [0.5, 0.6) is 5.75 Å². The van der Waals surface area contributed by atoms with Gasteiger partial charge in [0.2, 0.25) is 0 Å². The first kappa shape index (κ1) is 8.11. The maximum atomic E-state index is 5.08. The molecule has 1 aromatic rings. The maximum Gasteiger partial charge on any atom is 0.169 e. The number of methoxy groups -OCH3 is 1. The van der Waals surface area contributed by atoms with Crippen LogP contribution >= 0.6 is 0 Å². The van der Waals surface area contributed by atoms with Gasteiger partial charge in [0.15, 0.2) is 11.9 Å². The fraction of sp³-hybridized carbons (Fsp3) is 0.625. The maximum absolute atomic E-state index is 5.08. The molecular weight excluding hydrogens is 140 g/mol. The lowest BCUT2D eigenvalue weighted by Gasteiger charge is -2.02. The monoisotopic (exact) mass is 153 g/mol. The molecule has 1 aromatic heterocycles. The fourth-order valence-electron chi connectivity index (χ4n) is 1.12. The Labute approximate surface area is 67.0 Å². The van der Waals surface area contributed by atoms with Crippen LogP contribution in [0.15, 0.2) is 0 Å². The molecule has 0 fully saturated rings. The van der Waals surface area contributed by atoms with Crippen molar-refractivity contribution in [2.45, 2.75) is 26.8 Å². The normalized spacial score (nSPS) is 10.1. The highest BCUT2D eigenvalue weighted by molar-refractivity contribution is 5.23. The van der Waals surface area contributed by atoms with E-state index in [9.17, 15) is 0 Å². The summed E-state index contributed by atoms with van der Waals surface area (Å²) in [5.74, 6) is 0.773. The summed E-state index contributed by atoms with van der Waals surface area (Å²) in [6.07, 6.45) is 3.75. The first-order valence-electron chi connectivity index (χ1n) is 3.84. The lowest BCUT2D eigenvalue weighted by atomic mass is 10.3. The number of ether oxygens (including phenoxy) is 1. The van der Waals surface area contributed by atoms with Crippen molar-refractivity contribution in [3.05, 3.63) is 11.9 Å². The van der Waals surface area contributed by atoms with Gasteiger partial charge in [0, 0.05) is 6.54 Å². The predicted molar refractivity (Wildman–Crippen MR) is 42.7 cm³/mol. The zero-order valence-electron chi connectivity index (χ0n) is 7.22. The molecule has 3 heteroatoms. The van der Waals surface area contributed by atoms with Gasteiger partial charge in [0.25, 0.3) is 0 Å². The predicted octanol–water partition coefficient (Wildman–Crippen LogP) is 1.27. The van der Waals surface area contributed by atoms with E-state index >= 15 is 0 Å². The van der Waals surface area contributed by atoms with E-state index in [1.54, 1.807) is 7.11 Å². The van der Waals surface area contributed by atoms with E-state index < -0.39 is 0 Å². The lowest BCUT2D eigenvalue weighted by molar-refractivity contribution is 0.407. The molecule has 11 heavy (non-hydrogen) atoms. The van der Waals surface area contributed by atoms with Crippen molar-refractivity contribution in [3.63, 3.8) is 0 Å². The van der Waals surface area contributed by atoms with E-state index in [4.69, 9.17) is 4.74 Å². The molecule has 0 atom stereocenters. The molecular formula is C8H13N2O. The van der Waals surface area contributed by atoms with Crippen LogP contribution in [-0.2, 0) is 13.0 Å². The Kier molecular flexibility index (Phi) is 2.52. The van der Waals surface area contributed by atoms with Gasteiger partial charge in [-0.15, -0.1) is 0 Å². The molecule has 0 amide bonds. The number of nitrogens with zero attached hydrogens (tertiary/aromatic N) is 2. The largest absolute Gasteiger partial charge is 0.492 e. The van der Waals surface area contributed by atoms with Gasteiger partial charge >= 0.3 is 0 Å². The van der Waals surface area contributed by atoms with Crippen molar-refractivity contribution in [3.8, 4) is 5.75 Å². The summed E-state index contributed by atoms with van der Waals surface area (Å²) in [7, 11) is 1.65. The zero-order valence-corrected chi connectivity index (χ0v) is 7.22. The van der Waals surface area contributed by atoms with E-state index in [1.807, 2.05) is 4.68 Å². The first-order valence-corrected chi connectivity index (χ1v) is 3.84. The van der Waals surface area contributed by atoms with Crippen LogP contribution in [-0.4, -0.2) is 16.9 Å². The highest BCUT2D eigenvalue weighted by atomic mass is 16.5. The molecule has 3 nitrogen and oxygen atoms in total. The summed E-state index contributed by atoms with van der Waals surface area (Å²) in [5, 5.41) is 4.04. The standard InChI is InChI=1S/C8H13N2O/c1-4-7-8(11-3)6-9-10(7)5-2/h4-5H2,1-3H3. The summed E-state index contributed by atoms with van der Waals surface area (Å²) >= 11 is 0. The molecule has 1 radical (unpaired) electrons. The SMILES string of the molecule is CCc1c(OC)[c]nn1CC. The summed E-state index contributed by atoms with van der Waals surface area (Å²) in [6, 6.07) is 0. The van der Waals surface area contributed by atoms with Crippen molar-refractivity contribution < 1.29 is 4.74 Å². The average molecular weight is 153 g/mol. The third-order valence-corrected chi connectivity index (χ3v) is 1.68. The molecule has 0 saturated carbocycles. The average Bonchev–Trinajstić information content (AvgIpc) is 2.45. The Balaban J connectivity index is 2.99. The molecule has 1 heterocycles. The van der Waals surface area contributed by atoms with Crippen LogP contribution in [0, 0.1) is 6.20 Å². The number of aromatic nitrogens is 2. The Morgan fingerprint density at radius 3 is 2.73 bits per heavy atom. The second kappa shape index (κ2) is 3.42. The van der Waals surface area contributed by atoms with E-state index in [-0.39, 0.29) is 0 Å². The minimum absolute atomic E-state index is 0.773. The number of hydrogen-bond acceptors (Lipinski definition) is 2. The molecule has 0 spiro atoms. The Bertz CT molecular complexity index is 208. The molecule has 0 aliphatic heterocycles. The highest BCUT2D eigenvalue weighted by Crippen LogP contribution is 2.16. The summed E-state index contributed by atoms with van der Waals surface area (Å²) in [5.41, 5.74) is 1.12. The molecule has 0 unspecified atom stereocenters. The smallest absolute Gasteiger partial charge is 0.169 e. The van der Waals surface area contributed by atoms with Gasteiger partial charge in [-0.05, 0) is 13.3 Å². The second-order valence-electron chi connectivity index (χ2n) is 2.26. The Hall–Kier alpha value is -0.990. The van der Waals surface area contributed by atoms with Crippen molar-refractivity contribution in [2.75, 3.05) is 7.11 Å². The third kappa shape index (κ3) is 1.37. The molecule has 0 N–H and O–H groups in total. The Morgan fingerprint density at radius 1 is 1.55 bits per heavy atom. The van der Waals surface area contributed by atoms with Crippen molar-refractivity contribution >= 4 is 0 Å². The minimum atomic E-state index is 0.773. The molecule has 0 aliphatic carbocycles. The zero-order chi connectivity index (χ0) is 8.27. The second-order valence-corrected chi connectivity index (χ2v) is 2.26. The highest BCUT2D eigenvalue weighted by Gasteiger charge is 2.07. The van der Waals surface area contributed by atoms with E-state index in [0.29, 0.717) is 0 Å². The Morgan fingerprint density at radius 2 is 2.27 bits per heavy atom. The molecule has 61 valence electrons. The van der Waals surface area contributed by atoms with Crippen LogP contribution in [0.25, 0.3) is 0 Å². The quantitative estimate of drug-likeness (QED) is 0.654. The van der Waals surface area contributed by atoms with Crippen LogP contribution in [0.1, 0.15) is 19.5 Å². The van der Waals surface area contributed by atoms with Gasteiger partial charge in [-0.1, -0.05) is 6.92 Å². The van der Waals surface area contributed by atoms with Crippen LogP contribution in [0.2, 0.25) is 0 Å². The fourth-order valence-corrected chi connectivity index (χ4v) is 1.12. The summed E-state index contributed by atoms with van der Waals surface area (Å²) < 4.78 is 6.98. The van der Waals surface area contributed by atoms with Crippen LogP contribution in [0.4, 0.5) is 0 Å². The number of hydrogen-bond donors (Lipinski definition) is 0. The topological polar surface area (TPSA) is 27.1 Å². The van der Waals surface area contributed by atoms with E-state index in [0.717, 1.165) is 24.4 Å². The number of aryl methyl sites for hydroxylation is 1. The lowest BCUT2D eigenvalue weighted by Crippen LogP contribution is -2.01. The summed E-state index contributed by atoms with van der Waals surface area (Å²) in [4.78, 5) is 0. The van der Waals surface area contributed by atoms with Crippen molar-refractivity contribution in [1.29, 1.82) is 0 Å². The van der Waals surface area contributed by atoms with Gasteiger partial charge in [-0.3, -0.25) is 4.68 Å². The van der Waals surface area contributed by atoms with Gasteiger partial charge in [-0.25, -0.2) is 0 Å². The van der Waals surface area contributed by atoms with E-state index in [1.165, 1.54) is 0 Å². The molecule has 0 saturated heterocycles. The van der Waals surface area contributed by atoms with Crippen molar-refractivity contribution in [2.24, 2.45) is 0 Å². The van der Waals surface area contributed by atoms with Gasteiger partial charge in [0.05, 0.1) is 12.8 Å². The van der Waals surface area contributed by atoms with Crippen LogP contribution < -0.4 is 4.74 Å². The van der Waals surface area contributed by atoms with E-state index in [2.05, 4.69) is 25.1 Å². The van der Waals surface area contributed by atoms with Gasteiger partial charge in [0.1, 0.15) is 0 Å². The molecule has 0 aromatic carbocycles. The first-order chi connectivity index (χ1) is 5.33. The molecule has 0 aliphatic rings. The molecule has 0 bridgehead atoms. The third-order valence-electron chi connectivity index (χ3n) is 1.68. The van der Waals surface area contributed by atoms with Crippen molar-refractivity contribution in [1.82, 2.24) is 9.78 Å². The number of rotatable bonds is 3. The minimum Gasteiger partial charge on any atom is -0.492 e. The molecule has 1 rings (SSSR count). The van der Waals surface area contributed by atoms with Crippen LogP contribution in [0.3, 0.4) is 0 Å². The summed E-state index contributed by atoms with van der Waals surface area (Å²) in [6.45, 7) is 5.02.